The summed E-state index contributed by atoms with van der Waals surface area (Å²) in [5.41, 5.74) is 1.59. The molecule has 2 amide bonds. The van der Waals surface area contributed by atoms with E-state index in [1.165, 1.54) is 0 Å². The van der Waals surface area contributed by atoms with E-state index < -0.39 is 0 Å². The second-order valence-electron chi connectivity index (χ2n) is 4.45. The van der Waals surface area contributed by atoms with E-state index in [2.05, 4.69) is 31.5 Å². The topological polar surface area (TPSA) is 63.2 Å². The number of ether oxygens (including phenoxy) is 1. The smallest absolute Gasteiger partial charge is 0.319 e. The van der Waals surface area contributed by atoms with Crippen LogP contribution in [0.4, 0.5) is 10.5 Å². The molecule has 5 nitrogen and oxygen atoms in total. The fraction of sp³-hybridized carbons (Fsp3) is 0.200. The molecule has 0 saturated carbocycles. The number of benzene rings is 1. The fourth-order valence-corrected chi connectivity index (χ4v) is 2.23. The Morgan fingerprint density at radius 2 is 2.00 bits per heavy atom. The number of carbonyl (C=O) groups excluding carboxylic acids is 1. The van der Waals surface area contributed by atoms with Gasteiger partial charge in [-0.3, -0.25) is 4.98 Å². The first-order chi connectivity index (χ1) is 10.1. The molecule has 0 aliphatic heterocycles. The molecular weight excluding hydrogens is 334 g/mol. The van der Waals surface area contributed by atoms with Gasteiger partial charge in [-0.1, -0.05) is 15.9 Å². The van der Waals surface area contributed by atoms with Gasteiger partial charge in [0.25, 0.3) is 0 Å². The quantitative estimate of drug-likeness (QED) is 0.883. The summed E-state index contributed by atoms with van der Waals surface area (Å²) in [5, 5.41) is 5.65. The third kappa shape index (κ3) is 4.19. The van der Waals surface area contributed by atoms with Crippen LogP contribution in [-0.4, -0.2) is 18.1 Å². The molecule has 1 atom stereocenters. The van der Waals surface area contributed by atoms with Crippen LogP contribution >= 0.6 is 15.9 Å². The first-order valence-electron chi connectivity index (χ1n) is 6.41. The molecule has 0 bridgehead atoms. The van der Waals surface area contributed by atoms with E-state index in [9.17, 15) is 4.79 Å². The van der Waals surface area contributed by atoms with Crippen LogP contribution in [0.1, 0.15) is 18.5 Å². The van der Waals surface area contributed by atoms with Crippen LogP contribution in [0.3, 0.4) is 0 Å². The van der Waals surface area contributed by atoms with Gasteiger partial charge in [-0.2, -0.15) is 0 Å². The number of amides is 2. The predicted octanol–water partition coefficient (Wildman–Crippen LogP) is 3.74. The molecule has 2 N–H and O–H groups in total. The Labute approximate surface area is 131 Å². The molecule has 0 aliphatic rings. The molecule has 1 aromatic heterocycles. The number of rotatable bonds is 4. The first-order valence-corrected chi connectivity index (χ1v) is 7.20. The molecule has 0 aliphatic carbocycles. The monoisotopic (exact) mass is 349 g/mol. The molecule has 110 valence electrons. The fourth-order valence-electron chi connectivity index (χ4n) is 1.87. The number of halogens is 1. The minimum Gasteiger partial charge on any atom is -0.495 e. The van der Waals surface area contributed by atoms with Gasteiger partial charge in [0, 0.05) is 16.9 Å². The largest absolute Gasteiger partial charge is 0.495 e. The summed E-state index contributed by atoms with van der Waals surface area (Å²) in [4.78, 5) is 16.0. The second kappa shape index (κ2) is 7.08. The van der Waals surface area contributed by atoms with Crippen LogP contribution in [0.2, 0.25) is 0 Å². The van der Waals surface area contributed by atoms with E-state index >= 15 is 0 Å². The van der Waals surface area contributed by atoms with Crippen LogP contribution in [0, 0.1) is 0 Å². The number of methoxy groups -OCH3 is 1. The maximum Gasteiger partial charge on any atom is 0.319 e. The minimum atomic E-state index is -0.296. The van der Waals surface area contributed by atoms with E-state index in [-0.39, 0.29) is 12.1 Å². The summed E-state index contributed by atoms with van der Waals surface area (Å²) in [7, 11) is 1.56. The van der Waals surface area contributed by atoms with Crippen molar-refractivity contribution in [3.63, 3.8) is 0 Å². The average molecular weight is 350 g/mol. The highest BCUT2D eigenvalue weighted by Gasteiger charge is 2.11. The second-order valence-corrected chi connectivity index (χ2v) is 5.36. The summed E-state index contributed by atoms with van der Waals surface area (Å²) >= 11 is 3.37. The zero-order valence-corrected chi connectivity index (χ0v) is 13.3. The molecule has 1 heterocycles. The Morgan fingerprint density at radius 1 is 1.29 bits per heavy atom. The summed E-state index contributed by atoms with van der Waals surface area (Å²) in [6.45, 7) is 1.91. The lowest BCUT2D eigenvalue weighted by atomic mass is 10.1. The third-order valence-corrected chi connectivity index (χ3v) is 3.46. The number of anilines is 1. The standard InChI is InChI=1S/C15H16BrN3O2/c1-10(11-5-7-17-8-6-11)18-15(20)19-13-9-12(16)3-4-14(13)21-2/h3-10H,1-2H3,(H2,18,19,20). The van der Waals surface area contributed by atoms with E-state index in [1.54, 1.807) is 31.6 Å². The molecule has 0 spiro atoms. The van der Waals surface area contributed by atoms with Crippen molar-refractivity contribution >= 4 is 27.6 Å². The van der Waals surface area contributed by atoms with Gasteiger partial charge in [0.1, 0.15) is 5.75 Å². The number of urea groups is 1. The lowest BCUT2D eigenvalue weighted by Crippen LogP contribution is -2.31. The van der Waals surface area contributed by atoms with Crippen molar-refractivity contribution < 1.29 is 9.53 Å². The van der Waals surface area contributed by atoms with Crippen molar-refractivity contribution in [2.24, 2.45) is 0 Å². The van der Waals surface area contributed by atoms with Gasteiger partial charge in [-0.25, -0.2) is 4.79 Å². The average Bonchev–Trinajstić information content (AvgIpc) is 2.48. The summed E-state index contributed by atoms with van der Waals surface area (Å²) in [5.74, 6) is 0.602. The number of hydrogen-bond donors (Lipinski definition) is 2. The van der Waals surface area contributed by atoms with Gasteiger partial charge < -0.3 is 15.4 Å². The van der Waals surface area contributed by atoms with E-state index in [4.69, 9.17) is 4.74 Å². The maximum absolute atomic E-state index is 12.1. The van der Waals surface area contributed by atoms with Crippen LogP contribution < -0.4 is 15.4 Å². The first kappa shape index (κ1) is 15.3. The molecule has 1 unspecified atom stereocenters. The highest BCUT2D eigenvalue weighted by molar-refractivity contribution is 9.10. The zero-order valence-electron chi connectivity index (χ0n) is 11.8. The Morgan fingerprint density at radius 3 is 2.67 bits per heavy atom. The highest BCUT2D eigenvalue weighted by Crippen LogP contribution is 2.27. The highest BCUT2D eigenvalue weighted by atomic mass is 79.9. The van der Waals surface area contributed by atoms with Gasteiger partial charge >= 0.3 is 6.03 Å². The number of aromatic nitrogens is 1. The summed E-state index contributed by atoms with van der Waals surface area (Å²) in [6.07, 6.45) is 3.39. The van der Waals surface area contributed by atoms with Gasteiger partial charge in [-0.15, -0.1) is 0 Å². The van der Waals surface area contributed by atoms with Crippen molar-refractivity contribution in [1.29, 1.82) is 0 Å². The van der Waals surface area contributed by atoms with Crippen molar-refractivity contribution in [2.45, 2.75) is 13.0 Å². The SMILES string of the molecule is COc1ccc(Br)cc1NC(=O)NC(C)c1ccncc1. The molecule has 21 heavy (non-hydrogen) atoms. The maximum atomic E-state index is 12.1. The molecule has 0 fully saturated rings. The minimum absolute atomic E-state index is 0.119. The van der Waals surface area contributed by atoms with Crippen molar-refractivity contribution in [1.82, 2.24) is 10.3 Å². The van der Waals surface area contributed by atoms with E-state index in [1.807, 2.05) is 25.1 Å². The summed E-state index contributed by atoms with van der Waals surface area (Å²) in [6, 6.07) is 8.74. The Kier molecular flexibility index (Phi) is 5.16. The van der Waals surface area contributed by atoms with Gasteiger partial charge in [0.15, 0.2) is 0 Å². The van der Waals surface area contributed by atoms with Crippen LogP contribution in [0.5, 0.6) is 5.75 Å². The Balaban J connectivity index is 2.04. The van der Waals surface area contributed by atoms with Crippen molar-refractivity contribution in [3.8, 4) is 5.75 Å². The van der Waals surface area contributed by atoms with Gasteiger partial charge in [0.2, 0.25) is 0 Å². The zero-order chi connectivity index (χ0) is 15.2. The normalized spacial score (nSPS) is 11.6. The van der Waals surface area contributed by atoms with Gasteiger partial charge in [-0.05, 0) is 42.8 Å². The van der Waals surface area contributed by atoms with E-state index in [0.717, 1.165) is 10.0 Å². The molecule has 2 rings (SSSR count). The van der Waals surface area contributed by atoms with Crippen LogP contribution in [0.25, 0.3) is 0 Å². The number of pyridine rings is 1. The number of hydrogen-bond acceptors (Lipinski definition) is 3. The molecule has 0 saturated heterocycles. The number of carbonyl (C=O) groups is 1. The Hall–Kier alpha value is -2.08. The molecule has 6 heteroatoms. The lowest BCUT2D eigenvalue weighted by molar-refractivity contribution is 0.249. The van der Waals surface area contributed by atoms with Gasteiger partial charge in [0.05, 0.1) is 18.8 Å². The number of nitrogens with one attached hydrogen (secondary N) is 2. The van der Waals surface area contributed by atoms with Crippen LogP contribution in [0.15, 0.2) is 47.2 Å². The van der Waals surface area contributed by atoms with E-state index in [0.29, 0.717) is 11.4 Å². The van der Waals surface area contributed by atoms with Crippen molar-refractivity contribution in [2.75, 3.05) is 12.4 Å². The Bertz CT molecular complexity index is 620. The molecular formula is C15H16BrN3O2. The molecule has 0 radical (unpaired) electrons. The predicted molar refractivity (Wildman–Crippen MR) is 85.5 cm³/mol. The lowest BCUT2D eigenvalue weighted by Gasteiger charge is -2.16. The summed E-state index contributed by atoms with van der Waals surface area (Å²) < 4.78 is 6.08. The third-order valence-electron chi connectivity index (χ3n) is 2.96. The molecule has 2 aromatic rings. The van der Waals surface area contributed by atoms with Crippen molar-refractivity contribution in [3.05, 3.63) is 52.8 Å². The van der Waals surface area contributed by atoms with Crippen LogP contribution in [-0.2, 0) is 0 Å². The number of nitrogens with zero attached hydrogens (tertiary/aromatic N) is 1. The molecule has 1 aromatic carbocycles.